The normalized spacial score (nSPS) is 19.0. The third-order valence-electron chi connectivity index (χ3n) is 4.41. The van der Waals surface area contributed by atoms with E-state index >= 15 is 0 Å². The number of rotatable bonds is 6. The first-order valence-electron chi connectivity index (χ1n) is 7.90. The molecule has 116 valence electrons. The zero-order chi connectivity index (χ0) is 15.1. The molecule has 1 unspecified atom stereocenters. The number of carbonyl (C=O) groups excluding carboxylic acids is 1. The van der Waals surface area contributed by atoms with Gasteiger partial charge in [-0.25, -0.2) is 0 Å². The smallest absolute Gasteiger partial charge is 0.226 e. The summed E-state index contributed by atoms with van der Waals surface area (Å²) in [6.07, 6.45) is 3.05. The second-order valence-corrected chi connectivity index (χ2v) is 5.92. The highest BCUT2D eigenvalue weighted by atomic mass is 16.3. The molecule has 1 saturated heterocycles. The topological polar surface area (TPSA) is 61.4 Å². The van der Waals surface area contributed by atoms with E-state index in [1.165, 1.54) is 0 Å². The molecule has 0 aliphatic carbocycles. The molecule has 0 radical (unpaired) electrons. The first kappa shape index (κ1) is 16.0. The highest BCUT2D eigenvalue weighted by Gasteiger charge is 2.38. The van der Waals surface area contributed by atoms with E-state index < -0.39 is 6.10 Å². The van der Waals surface area contributed by atoms with Gasteiger partial charge < -0.3 is 15.7 Å². The van der Waals surface area contributed by atoms with Gasteiger partial charge in [-0.15, -0.1) is 0 Å². The molecule has 0 aromatic heterocycles. The molecule has 4 heteroatoms. The van der Waals surface area contributed by atoms with E-state index in [4.69, 9.17) is 0 Å². The van der Waals surface area contributed by atoms with Crippen molar-refractivity contribution >= 4 is 5.91 Å². The molecule has 1 aromatic rings. The number of nitrogens with one attached hydrogen (secondary N) is 2. The Bertz CT molecular complexity index is 436. The molecule has 1 amide bonds. The average Bonchev–Trinajstić information content (AvgIpc) is 2.54. The van der Waals surface area contributed by atoms with Crippen LogP contribution in [0.3, 0.4) is 0 Å². The Kier molecular flexibility index (Phi) is 5.76. The summed E-state index contributed by atoms with van der Waals surface area (Å²) in [6, 6.07) is 9.46. The standard InChI is InChI=1S/C17H26N2O2/c1-2-8-17(9-11-18-12-10-17)16(21)19-13-15(20)14-6-4-3-5-7-14/h3-7,15,18,20H,2,8-13H2,1H3,(H,19,21). The maximum Gasteiger partial charge on any atom is 0.226 e. The van der Waals surface area contributed by atoms with Crippen LogP contribution in [0.25, 0.3) is 0 Å². The van der Waals surface area contributed by atoms with Crippen molar-refractivity contribution in [1.82, 2.24) is 10.6 Å². The van der Waals surface area contributed by atoms with Crippen molar-refractivity contribution in [3.63, 3.8) is 0 Å². The summed E-state index contributed by atoms with van der Waals surface area (Å²) in [4.78, 5) is 12.6. The molecular formula is C17H26N2O2. The fourth-order valence-corrected chi connectivity index (χ4v) is 3.14. The molecule has 3 N–H and O–H groups in total. The predicted octanol–water partition coefficient (Wildman–Crippen LogP) is 2.01. The van der Waals surface area contributed by atoms with Crippen molar-refractivity contribution in [3.8, 4) is 0 Å². The summed E-state index contributed by atoms with van der Waals surface area (Å²) in [5.41, 5.74) is 0.587. The van der Waals surface area contributed by atoms with E-state index in [0.717, 1.165) is 44.3 Å². The SMILES string of the molecule is CCCC1(C(=O)NCC(O)c2ccccc2)CCNCC1. The third-order valence-corrected chi connectivity index (χ3v) is 4.41. The van der Waals surface area contributed by atoms with E-state index in [-0.39, 0.29) is 17.9 Å². The van der Waals surface area contributed by atoms with Crippen molar-refractivity contribution in [2.24, 2.45) is 5.41 Å². The molecule has 1 aliphatic heterocycles. The second-order valence-electron chi connectivity index (χ2n) is 5.92. The van der Waals surface area contributed by atoms with Crippen LogP contribution in [0, 0.1) is 5.41 Å². The van der Waals surface area contributed by atoms with Crippen LogP contribution in [0.1, 0.15) is 44.3 Å². The lowest BCUT2D eigenvalue weighted by molar-refractivity contribution is -0.133. The molecule has 0 bridgehead atoms. The molecule has 2 rings (SSSR count). The van der Waals surface area contributed by atoms with Crippen LogP contribution in [0.15, 0.2) is 30.3 Å². The fraction of sp³-hybridized carbons (Fsp3) is 0.588. The first-order valence-corrected chi connectivity index (χ1v) is 7.90. The van der Waals surface area contributed by atoms with Crippen LogP contribution in [0.4, 0.5) is 0 Å². The van der Waals surface area contributed by atoms with E-state index in [0.29, 0.717) is 0 Å². The number of carbonyl (C=O) groups is 1. The molecule has 21 heavy (non-hydrogen) atoms. The Morgan fingerprint density at radius 2 is 2.00 bits per heavy atom. The van der Waals surface area contributed by atoms with Gasteiger partial charge in [0.15, 0.2) is 0 Å². The van der Waals surface area contributed by atoms with Crippen molar-refractivity contribution in [3.05, 3.63) is 35.9 Å². The second kappa shape index (κ2) is 7.57. The van der Waals surface area contributed by atoms with Gasteiger partial charge in [-0.3, -0.25) is 4.79 Å². The number of aliphatic hydroxyl groups excluding tert-OH is 1. The lowest BCUT2D eigenvalue weighted by Gasteiger charge is -2.36. The number of hydrogen-bond acceptors (Lipinski definition) is 3. The van der Waals surface area contributed by atoms with Gasteiger partial charge in [0.05, 0.1) is 11.5 Å². The van der Waals surface area contributed by atoms with Crippen LogP contribution >= 0.6 is 0 Å². The van der Waals surface area contributed by atoms with E-state index in [2.05, 4.69) is 17.6 Å². The van der Waals surface area contributed by atoms with Gasteiger partial charge in [0.2, 0.25) is 5.91 Å². The van der Waals surface area contributed by atoms with Crippen molar-refractivity contribution in [1.29, 1.82) is 0 Å². The zero-order valence-corrected chi connectivity index (χ0v) is 12.8. The number of piperidine rings is 1. The molecule has 1 heterocycles. The Hall–Kier alpha value is -1.39. The number of aliphatic hydroxyl groups is 1. The van der Waals surface area contributed by atoms with Crippen molar-refractivity contribution in [2.75, 3.05) is 19.6 Å². The van der Waals surface area contributed by atoms with Crippen LogP contribution < -0.4 is 10.6 Å². The predicted molar refractivity (Wildman–Crippen MR) is 83.9 cm³/mol. The molecule has 1 aromatic carbocycles. The highest BCUT2D eigenvalue weighted by molar-refractivity contribution is 5.82. The van der Waals surface area contributed by atoms with Crippen LogP contribution in [-0.2, 0) is 4.79 Å². The first-order chi connectivity index (χ1) is 10.2. The molecule has 4 nitrogen and oxygen atoms in total. The number of hydrogen-bond donors (Lipinski definition) is 3. The van der Waals surface area contributed by atoms with Gasteiger partial charge in [0, 0.05) is 6.54 Å². The van der Waals surface area contributed by atoms with Crippen LogP contribution in [-0.4, -0.2) is 30.6 Å². The largest absolute Gasteiger partial charge is 0.387 e. The van der Waals surface area contributed by atoms with E-state index in [9.17, 15) is 9.90 Å². The minimum Gasteiger partial charge on any atom is -0.387 e. The van der Waals surface area contributed by atoms with Gasteiger partial charge in [0.1, 0.15) is 0 Å². The monoisotopic (exact) mass is 290 g/mol. The molecule has 1 fully saturated rings. The van der Waals surface area contributed by atoms with Gasteiger partial charge in [-0.05, 0) is 37.9 Å². The third kappa shape index (κ3) is 4.05. The minimum atomic E-state index is -0.643. The Balaban J connectivity index is 1.93. The minimum absolute atomic E-state index is 0.0980. The quantitative estimate of drug-likeness (QED) is 0.751. The van der Waals surface area contributed by atoms with Crippen molar-refractivity contribution < 1.29 is 9.90 Å². The summed E-state index contributed by atoms with van der Waals surface area (Å²) in [6.45, 7) is 4.20. The molecule has 0 spiro atoms. The number of amides is 1. The maximum absolute atomic E-state index is 12.6. The summed E-state index contributed by atoms with van der Waals surface area (Å²) >= 11 is 0. The molecule has 1 aliphatic rings. The summed E-state index contributed by atoms with van der Waals surface area (Å²) in [7, 11) is 0. The van der Waals surface area contributed by atoms with Gasteiger partial charge >= 0.3 is 0 Å². The Morgan fingerprint density at radius 3 is 2.62 bits per heavy atom. The Morgan fingerprint density at radius 1 is 1.33 bits per heavy atom. The fourth-order valence-electron chi connectivity index (χ4n) is 3.14. The summed E-state index contributed by atoms with van der Waals surface area (Å²) < 4.78 is 0. The highest BCUT2D eigenvalue weighted by Crippen LogP contribution is 2.34. The van der Waals surface area contributed by atoms with Crippen LogP contribution in [0.2, 0.25) is 0 Å². The van der Waals surface area contributed by atoms with Crippen molar-refractivity contribution in [2.45, 2.75) is 38.7 Å². The Labute approximate surface area is 126 Å². The summed E-state index contributed by atoms with van der Waals surface area (Å²) in [5.74, 6) is 0.0980. The van der Waals surface area contributed by atoms with Crippen LogP contribution in [0.5, 0.6) is 0 Å². The molecule has 0 saturated carbocycles. The molecule has 1 atom stereocenters. The summed E-state index contributed by atoms with van der Waals surface area (Å²) in [5, 5.41) is 16.4. The maximum atomic E-state index is 12.6. The molecular weight excluding hydrogens is 264 g/mol. The van der Waals surface area contributed by atoms with Gasteiger partial charge in [0.25, 0.3) is 0 Å². The van der Waals surface area contributed by atoms with Gasteiger partial charge in [-0.1, -0.05) is 43.7 Å². The lowest BCUT2D eigenvalue weighted by atomic mass is 9.74. The lowest BCUT2D eigenvalue weighted by Crippen LogP contribution is -2.48. The van der Waals surface area contributed by atoms with Gasteiger partial charge in [-0.2, -0.15) is 0 Å². The zero-order valence-electron chi connectivity index (χ0n) is 12.8. The van der Waals surface area contributed by atoms with E-state index in [1.807, 2.05) is 30.3 Å². The van der Waals surface area contributed by atoms with E-state index in [1.54, 1.807) is 0 Å². The number of benzene rings is 1. The average molecular weight is 290 g/mol.